The molecule has 0 aliphatic heterocycles. The van der Waals surface area contributed by atoms with Gasteiger partial charge in [-0.05, 0) is 77.0 Å². The van der Waals surface area contributed by atoms with Crippen LogP contribution in [0.1, 0.15) is 444 Å². The summed E-state index contributed by atoms with van der Waals surface area (Å²) in [5, 5.41) is 23.4. The molecule has 0 bridgehead atoms. The maximum atomic E-state index is 12.6. The first kappa shape index (κ1) is 83.3. The lowest BCUT2D eigenvalue weighted by Crippen LogP contribution is -2.45. The fourth-order valence-corrected chi connectivity index (χ4v) is 12.5. The van der Waals surface area contributed by atoms with Crippen molar-refractivity contribution >= 4 is 11.9 Å². The van der Waals surface area contributed by atoms with Gasteiger partial charge < -0.3 is 20.3 Å². The summed E-state index contributed by atoms with van der Waals surface area (Å²) >= 11 is 0. The molecular formula is C79H153NO5. The molecule has 0 aromatic rings. The second kappa shape index (κ2) is 74.8. The fourth-order valence-electron chi connectivity index (χ4n) is 12.5. The molecule has 2 unspecified atom stereocenters. The number of ether oxygens (including phenoxy) is 1. The Kier molecular flexibility index (Phi) is 73.3. The number of nitrogens with one attached hydrogen (secondary N) is 1. The van der Waals surface area contributed by atoms with Crippen LogP contribution >= 0.6 is 0 Å². The Labute approximate surface area is 532 Å². The minimum absolute atomic E-state index is 0.0112. The van der Waals surface area contributed by atoms with Gasteiger partial charge in [0.05, 0.1) is 25.4 Å². The summed E-state index contributed by atoms with van der Waals surface area (Å²) in [7, 11) is 0. The Bertz CT molecular complexity index is 1330. The average molecular weight is 1200 g/mol. The molecule has 2 atom stereocenters. The van der Waals surface area contributed by atoms with E-state index >= 15 is 0 Å². The van der Waals surface area contributed by atoms with E-state index in [9.17, 15) is 19.8 Å². The Balaban J connectivity index is 3.35. The first-order valence-electron chi connectivity index (χ1n) is 39.1. The van der Waals surface area contributed by atoms with Crippen molar-refractivity contribution in [3.05, 3.63) is 24.3 Å². The predicted molar refractivity (Wildman–Crippen MR) is 375 cm³/mol. The molecule has 0 aliphatic rings. The quantitative estimate of drug-likeness (QED) is 0.0320. The number of rotatable bonds is 74. The van der Waals surface area contributed by atoms with Crippen LogP contribution in [-0.2, 0) is 14.3 Å². The summed E-state index contributed by atoms with van der Waals surface area (Å²) in [5.74, 6) is -0.0160. The van der Waals surface area contributed by atoms with Gasteiger partial charge in [0.15, 0.2) is 0 Å². The van der Waals surface area contributed by atoms with Gasteiger partial charge in [-0.3, -0.25) is 9.59 Å². The molecule has 6 heteroatoms. The Morgan fingerprint density at radius 3 is 0.835 bits per heavy atom. The van der Waals surface area contributed by atoms with Crippen molar-refractivity contribution in [2.75, 3.05) is 13.2 Å². The van der Waals surface area contributed by atoms with Crippen LogP contribution in [0.3, 0.4) is 0 Å². The first-order valence-corrected chi connectivity index (χ1v) is 39.1. The van der Waals surface area contributed by atoms with Crippen LogP contribution in [0.2, 0.25) is 0 Å². The zero-order valence-corrected chi connectivity index (χ0v) is 57.9. The number of aliphatic hydroxyl groups is 2. The van der Waals surface area contributed by atoms with Crippen molar-refractivity contribution in [1.29, 1.82) is 0 Å². The zero-order valence-electron chi connectivity index (χ0n) is 57.9. The van der Waals surface area contributed by atoms with Crippen LogP contribution in [0.15, 0.2) is 24.3 Å². The number of allylic oxidation sites excluding steroid dienone is 4. The molecule has 0 aromatic carbocycles. The summed E-state index contributed by atoms with van der Waals surface area (Å²) in [6.07, 6.45) is 95.5. The van der Waals surface area contributed by atoms with Crippen molar-refractivity contribution < 1.29 is 24.5 Å². The van der Waals surface area contributed by atoms with Crippen molar-refractivity contribution in [3.8, 4) is 0 Å². The topological polar surface area (TPSA) is 95.9 Å². The van der Waals surface area contributed by atoms with E-state index in [0.29, 0.717) is 25.9 Å². The highest BCUT2D eigenvalue weighted by molar-refractivity contribution is 5.76. The lowest BCUT2D eigenvalue weighted by Gasteiger charge is -2.22. The van der Waals surface area contributed by atoms with Crippen LogP contribution in [0.25, 0.3) is 0 Å². The first-order chi connectivity index (χ1) is 42.0. The summed E-state index contributed by atoms with van der Waals surface area (Å²) in [6.45, 7) is 4.99. The molecule has 3 N–H and O–H groups in total. The van der Waals surface area contributed by atoms with Crippen molar-refractivity contribution in [2.45, 2.75) is 456 Å². The number of hydrogen-bond acceptors (Lipinski definition) is 5. The number of unbranched alkanes of at least 4 members (excludes halogenated alkanes) is 59. The van der Waals surface area contributed by atoms with Gasteiger partial charge in [0.2, 0.25) is 5.91 Å². The van der Waals surface area contributed by atoms with Gasteiger partial charge >= 0.3 is 5.97 Å². The molecule has 0 aliphatic carbocycles. The molecule has 0 heterocycles. The lowest BCUT2D eigenvalue weighted by molar-refractivity contribution is -0.143. The molecule has 0 aromatic heterocycles. The van der Waals surface area contributed by atoms with E-state index in [1.807, 2.05) is 0 Å². The zero-order chi connectivity index (χ0) is 61.3. The highest BCUT2D eigenvalue weighted by Crippen LogP contribution is 2.20. The van der Waals surface area contributed by atoms with Gasteiger partial charge in [-0.2, -0.15) is 0 Å². The summed E-state index contributed by atoms with van der Waals surface area (Å²) in [4.78, 5) is 24.6. The summed E-state index contributed by atoms with van der Waals surface area (Å²) < 4.78 is 5.50. The molecule has 0 spiro atoms. The Morgan fingerprint density at radius 2 is 0.553 bits per heavy atom. The fraction of sp³-hybridized carbons (Fsp3) is 0.924. The van der Waals surface area contributed by atoms with Gasteiger partial charge in [0.25, 0.3) is 0 Å². The van der Waals surface area contributed by atoms with E-state index in [1.165, 1.54) is 366 Å². The summed E-state index contributed by atoms with van der Waals surface area (Å²) in [5.41, 5.74) is 0. The van der Waals surface area contributed by atoms with E-state index in [-0.39, 0.29) is 18.5 Å². The maximum absolute atomic E-state index is 12.6. The molecule has 0 radical (unpaired) electrons. The number of hydrogen-bond donors (Lipinski definition) is 3. The minimum Gasteiger partial charge on any atom is -0.466 e. The summed E-state index contributed by atoms with van der Waals surface area (Å²) in [6, 6.07) is -0.540. The van der Waals surface area contributed by atoms with Gasteiger partial charge in [0.1, 0.15) is 0 Å². The smallest absolute Gasteiger partial charge is 0.305 e. The van der Waals surface area contributed by atoms with E-state index in [2.05, 4.69) is 43.5 Å². The predicted octanol–water partition coefficient (Wildman–Crippen LogP) is 25.7. The molecule has 504 valence electrons. The third kappa shape index (κ3) is 71.3. The Morgan fingerprint density at radius 1 is 0.318 bits per heavy atom. The third-order valence-electron chi connectivity index (χ3n) is 18.5. The maximum Gasteiger partial charge on any atom is 0.305 e. The number of carbonyl (C=O) groups excluding carboxylic acids is 2. The van der Waals surface area contributed by atoms with Crippen molar-refractivity contribution in [2.24, 2.45) is 0 Å². The van der Waals surface area contributed by atoms with E-state index < -0.39 is 12.1 Å². The second-order valence-corrected chi connectivity index (χ2v) is 27.0. The lowest BCUT2D eigenvalue weighted by atomic mass is 10.0. The monoisotopic (exact) mass is 1200 g/mol. The largest absolute Gasteiger partial charge is 0.466 e. The minimum atomic E-state index is -0.663. The molecule has 0 saturated heterocycles. The van der Waals surface area contributed by atoms with E-state index in [4.69, 9.17) is 4.74 Å². The highest BCUT2D eigenvalue weighted by Gasteiger charge is 2.20. The second-order valence-electron chi connectivity index (χ2n) is 27.0. The SMILES string of the molecule is CCCCCCCC/C=C\CCCCCCCC(=O)OCCCCCCCCCCCCCC/C=C\CCCCCCCCCCCCCCCCCCC(=O)NC(CO)C(O)CCCCCCCCCCCCCCCCCCCCCCC. The third-order valence-corrected chi connectivity index (χ3v) is 18.5. The molecule has 0 saturated carbocycles. The number of carbonyl (C=O) groups is 2. The molecule has 85 heavy (non-hydrogen) atoms. The van der Waals surface area contributed by atoms with Crippen molar-refractivity contribution in [3.63, 3.8) is 0 Å². The van der Waals surface area contributed by atoms with Gasteiger partial charge in [-0.1, -0.05) is 378 Å². The van der Waals surface area contributed by atoms with Crippen molar-refractivity contribution in [1.82, 2.24) is 5.32 Å². The standard InChI is InChI=1S/C79H153NO5/c1-3-5-7-9-11-13-15-17-19-20-21-34-37-40-44-47-51-55-59-63-67-71-77(82)76(75-81)80-78(83)72-68-64-60-56-52-48-45-41-38-35-32-30-28-26-24-22-23-25-27-29-31-33-36-39-42-46-50-54-58-62-66-70-74-85-79(84)73-69-65-61-57-53-49-43-18-16-14-12-10-8-6-4-2/h18,25,27,43,76-77,81-82H,3-17,19-24,26,28-42,44-75H2,1-2H3,(H,80,83)/b27-25-,43-18-. The van der Waals surface area contributed by atoms with Crippen LogP contribution in [-0.4, -0.2) is 47.4 Å². The normalized spacial score (nSPS) is 12.6. The number of amides is 1. The average Bonchev–Trinajstić information content (AvgIpc) is 3.51. The van der Waals surface area contributed by atoms with Crippen LogP contribution in [0.4, 0.5) is 0 Å². The number of esters is 1. The van der Waals surface area contributed by atoms with Gasteiger partial charge in [0, 0.05) is 12.8 Å². The molecule has 0 rings (SSSR count). The highest BCUT2D eigenvalue weighted by atomic mass is 16.5. The van der Waals surface area contributed by atoms with Crippen LogP contribution in [0.5, 0.6) is 0 Å². The molecule has 6 nitrogen and oxygen atoms in total. The van der Waals surface area contributed by atoms with Gasteiger partial charge in [-0.25, -0.2) is 0 Å². The van der Waals surface area contributed by atoms with Crippen LogP contribution < -0.4 is 5.32 Å². The Hall–Kier alpha value is -1.66. The molecule has 1 amide bonds. The number of aliphatic hydroxyl groups excluding tert-OH is 2. The molecular weight excluding hydrogens is 1040 g/mol. The van der Waals surface area contributed by atoms with Gasteiger partial charge in [-0.15, -0.1) is 0 Å². The van der Waals surface area contributed by atoms with E-state index in [0.717, 1.165) is 44.9 Å². The molecule has 0 fully saturated rings. The van der Waals surface area contributed by atoms with Crippen LogP contribution in [0, 0.1) is 0 Å². The van der Waals surface area contributed by atoms with E-state index in [1.54, 1.807) is 0 Å².